The maximum absolute atomic E-state index is 11.6. The van der Waals surface area contributed by atoms with Crippen molar-refractivity contribution in [2.75, 3.05) is 0 Å². The summed E-state index contributed by atoms with van der Waals surface area (Å²) in [5, 5.41) is 0. The van der Waals surface area contributed by atoms with Crippen molar-refractivity contribution in [3.63, 3.8) is 0 Å². The summed E-state index contributed by atoms with van der Waals surface area (Å²) in [6, 6.07) is 0.103. The molecule has 0 spiro atoms. The lowest BCUT2D eigenvalue weighted by molar-refractivity contribution is -0.139. The molecule has 0 bridgehead atoms. The molecular weight excluding hydrogens is 202 g/mol. The zero-order valence-electron chi connectivity index (χ0n) is 10.2. The molecular formula is C13H21NO2. The van der Waals surface area contributed by atoms with Gasteiger partial charge >= 0.3 is 0 Å². The van der Waals surface area contributed by atoms with E-state index in [9.17, 15) is 9.59 Å². The molecule has 90 valence electrons. The molecule has 0 N–H and O–H groups in total. The molecule has 1 rings (SSSR count). The molecule has 16 heavy (non-hydrogen) atoms. The highest BCUT2D eigenvalue weighted by Gasteiger charge is 2.29. The number of carbonyl (C=O) groups excluding carboxylic acids is 2. The van der Waals surface area contributed by atoms with E-state index in [0.717, 1.165) is 25.7 Å². The van der Waals surface area contributed by atoms with Crippen molar-refractivity contribution in [1.82, 2.24) is 4.90 Å². The molecule has 3 heteroatoms. The largest absolute Gasteiger partial charge is 0.272 e. The second kappa shape index (κ2) is 6.46. The topological polar surface area (TPSA) is 37.4 Å². The smallest absolute Gasteiger partial charge is 0.253 e. The first-order valence-electron chi connectivity index (χ1n) is 6.26. The quantitative estimate of drug-likeness (QED) is 0.491. The van der Waals surface area contributed by atoms with Crippen LogP contribution in [0.5, 0.6) is 0 Å². The van der Waals surface area contributed by atoms with Gasteiger partial charge in [0.2, 0.25) is 0 Å². The van der Waals surface area contributed by atoms with E-state index in [0.29, 0.717) is 0 Å². The van der Waals surface area contributed by atoms with Crippen molar-refractivity contribution in [2.45, 2.75) is 58.4 Å². The van der Waals surface area contributed by atoms with Gasteiger partial charge in [0.15, 0.2) is 0 Å². The van der Waals surface area contributed by atoms with Gasteiger partial charge in [-0.15, -0.1) is 0 Å². The number of amides is 2. The summed E-state index contributed by atoms with van der Waals surface area (Å²) in [6.45, 7) is 4.24. The van der Waals surface area contributed by atoms with E-state index in [1.54, 1.807) is 0 Å². The van der Waals surface area contributed by atoms with Crippen molar-refractivity contribution in [1.29, 1.82) is 0 Å². The zero-order valence-corrected chi connectivity index (χ0v) is 10.2. The van der Waals surface area contributed by atoms with Crippen LogP contribution in [0.25, 0.3) is 0 Å². The number of hydrogen-bond donors (Lipinski definition) is 0. The molecule has 1 heterocycles. The maximum Gasteiger partial charge on any atom is 0.253 e. The number of hydrogen-bond acceptors (Lipinski definition) is 2. The van der Waals surface area contributed by atoms with Gasteiger partial charge in [-0.05, 0) is 12.8 Å². The van der Waals surface area contributed by atoms with E-state index in [1.165, 1.54) is 29.9 Å². The Morgan fingerprint density at radius 1 is 1.00 bits per heavy atom. The number of unbranched alkanes of at least 4 members (excludes halogenated alkanes) is 2. The van der Waals surface area contributed by atoms with Crippen LogP contribution in [0.1, 0.15) is 52.4 Å². The number of nitrogens with zero attached hydrogens (tertiary/aromatic N) is 1. The second-order valence-corrected chi connectivity index (χ2v) is 4.32. The Hall–Kier alpha value is -1.12. The lowest BCUT2D eigenvalue weighted by Crippen LogP contribution is -2.39. The van der Waals surface area contributed by atoms with Crippen LogP contribution >= 0.6 is 0 Å². The summed E-state index contributed by atoms with van der Waals surface area (Å²) in [5.41, 5.74) is 0. The van der Waals surface area contributed by atoms with Gasteiger partial charge in [-0.3, -0.25) is 14.5 Å². The zero-order chi connectivity index (χ0) is 12.0. The monoisotopic (exact) mass is 223 g/mol. The molecule has 2 amide bonds. The molecule has 0 unspecified atom stereocenters. The first-order valence-corrected chi connectivity index (χ1v) is 6.26. The van der Waals surface area contributed by atoms with Gasteiger partial charge in [-0.2, -0.15) is 0 Å². The molecule has 0 radical (unpaired) electrons. The maximum atomic E-state index is 11.6. The number of rotatable bonds is 7. The van der Waals surface area contributed by atoms with Crippen LogP contribution < -0.4 is 0 Å². The lowest BCUT2D eigenvalue weighted by Gasteiger charge is -2.25. The summed E-state index contributed by atoms with van der Waals surface area (Å²) in [7, 11) is 0. The first kappa shape index (κ1) is 12.9. The second-order valence-electron chi connectivity index (χ2n) is 4.32. The highest BCUT2D eigenvalue weighted by molar-refractivity contribution is 6.13. The molecule has 0 aliphatic carbocycles. The molecule has 3 nitrogen and oxygen atoms in total. The predicted molar refractivity (Wildman–Crippen MR) is 63.8 cm³/mol. The van der Waals surface area contributed by atoms with Crippen LogP contribution in [0.2, 0.25) is 0 Å². The lowest BCUT2D eigenvalue weighted by atomic mass is 10.0. The Labute approximate surface area is 97.5 Å². The number of carbonyl (C=O) groups is 2. The average molecular weight is 223 g/mol. The molecule has 0 saturated carbocycles. The molecule has 0 aromatic carbocycles. The van der Waals surface area contributed by atoms with Crippen molar-refractivity contribution < 1.29 is 9.59 Å². The third-order valence-electron chi connectivity index (χ3n) is 2.97. The van der Waals surface area contributed by atoms with E-state index in [-0.39, 0.29) is 17.9 Å². The van der Waals surface area contributed by atoms with Crippen molar-refractivity contribution in [3.05, 3.63) is 12.2 Å². The summed E-state index contributed by atoms with van der Waals surface area (Å²) < 4.78 is 0. The molecule has 1 aliphatic heterocycles. The van der Waals surface area contributed by atoms with Gasteiger partial charge in [-0.25, -0.2) is 0 Å². The summed E-state index contributed by atoms with van der Waals surface area (Å²) in [5.74, 6) is -0.278. The van der Waals surface area contributed by atoms with Crippen LogP contribution in [-0.4, -0.2) is 22.8 Å². The Morgan fingerprint density at radius 2 is 1.62 bits per heavy atom. The van der Waals surface area contributed by atoms with E-state index < -0.39 is 0 Å². The highest BCUT2D eigenvalue weighted by atomic mass is 16.2. The van der Waals surface area contributed by atoms with E-state index in [4.69, 9.17) is 0 Å². The van der Waals surface area contributed by atoms with Crippen LogP contribution in [0.4, 0.5) is 0 Å². The predicted octanol–water partition coefficient (Wildman–Crippen LogP) is 2.66. The van der Waals surface area contributed by atoms with Crippen molar-refractivity contribution in [2.24, 2.45) is 0 Å². The summed E-state index contributed by atoms with van der Waals surface area (Å²) in [6.07, 6.45) is 9.06. The van der Waals surface area contributed by atoms with Gasteiger partial charge in [0.1, 0.15) is 0 Å². The molecule has 0 saturated heterocycles. The first-order chi connectivity index (χ1) is 7.70. The van der Waals surface area contributed by atoms with E-state index in [1.807, 2.05) is 0 Å². The molecule has 0 aromatic rings. The average Bonchev–Trinajstić information content (AvgIpc) is 2.58. The van der Waals surface area contributed by atoms with Crippen LogP contribution in [0, 0.1) is 0 Å². The molecule has 0 aromatic heterocycles. The number of imide groups is 1. The van der Waals surface area contributed by atoms with Gasteiger partial charge in [0, 0.05) is 18.2 Å². The minimum Gasteiger partial charge on any atom is -0.272 e. The summed E-state index contributed by atoms with van der Waals surface area (Å²) >= 11 is 0. The Morgan fingerprint density at radius 3 is 2.12 bits per heavy atom. The van der Waals surface area contributed by atoms with Crippen LogP contribution in [-0.2, 0) is 9.59 Å². The fraction of sp³-hybridized carbons (Fsp3) is 0.692. The van der Waals surface area contributed by atoms with Crippen molar-refractivity contribution in [3.8, 4) is 0 Å². The minimum absolute atomic E-state index is 0.103. The highest BCUT2D eigenvalue weighted by Crippen LogP contribution is 2.19. The molecule has 0 fully saturated rings. The Bertz CT molecular complexity index is 266. The normalized spacial score (nSPS) is 17.2. The van der Waals surface area contributed by atoms with E-state index in [2.05, 4.69) is 13.8 Å². The van der Waals surface area contributed by atoms with Crippen molar-refractivity contribution >= 4 is 11.8 Å². The van der Waals surface area contributed by atoms with Gasteiger partial charge in [0.25, 0.3) is 11.8 Å². The minimum atomic E-state index is -0.139. The Balaban J connectivity index is 2.55. The molecule has 1 aliphatic rings. The third kappa shape index (κ3) is 3.19. The van der Waals surface area contributed by atoms with Crippen LogP contribution in [0.3, 0.4) is 0 Å². The summed E-state index contributed by atoms with van der Waals surface area (Å²) in [4.78, 5) is 24.5. The van der Waals surface area contributed by atoms with Crippen LogP contribution in [0.15, 0.2) is 12.2 Å². The van der Waals surface area contributed by atoms with E-state index >= 15 is 0 Å². The Kier molecular flexibility index (Phi) is 5.23. The molecule has 1 atom stereocenters. The SMILES string of the molecule is CCCCC[C@H](CCC)N1C(=O)C=CC1=O. The fourth-order valence-corrected chi connectivity index (χ4v) is 2.14. The fourth-order valence-electron chi connectivity index (χ4n) is 2.14. The van der Waals surface area contributed by atoms with Gasteiger partial charge < -0.3 is 0 Å². The third-order valence-corrected chi connectivity index (χ3v) is 2.97. The van der Waals surface area contributed by atoms with Gasteiger partial charge in [0.05, 0.1) is 0 Å². The van der Waals surface area contributed by atoms with Gasteiger partial charge in [-0.1, -0.05) is 39.5 Å². The standard InChI is InChI=1S/C13H21NO2/c1-3-5-6-8-11(7-4-2)14-12(15)9-10-13(14)16/h9-11H,3-8H2,1-2H3/t11-/m0/s1.